The van der Waals surface area contributed by atoms with Crippen LogP contribution in [0.15, 0.2) is 18.2 Å². The van der Waals surface area contributed by atoms with Crippen LogP contribution in [0.3, 0.4) is 0 Å². The first-order chi connectivity index (χ1) is 8.52. The lowest BCUT2D eigenvalue weighted by Crippen LogP contribution is -2.17. The summed E-state index contributed by atoms with van der Waals surface area (Å²) in [6.07, 6.45) is 0.337. The average Bonchev–Trinajstić information content (AvgIpc) is 3.09. The number of benzene rings is 1. The number of aliphatic carboxylic acids is 1. The summed E-state index contributed by atoms with van der Waals surface area (Å²) in [4.78, 5) is 22.4. The van der Waals surface area contributed by atoms with Gasteiger partial charge in [0.25, 0.3) is 0 Å². The monoisotopic (exact) mass is 264 g/mol. The van der Waals surface area contributed by atoms with E-state index in [0.717, 1.165) is 0 Å². The fourth-order valence-electron chi connectivity index (χ4n) is 1.70. The Balaban J connectivity index is 2.11. The van der Waals surface area contributed by atoms with E-state index in [9.17, 15) is 9.59 Å². The van der Waals surface area contributed by atoms with E-state index in [1.165, 1.54) is 12.1 Å². The van der Waals surface area contributed by atoms with Gasteiger partial charge in [0.2, 0.25) is 5.91 Å². The second-order valence-corrected chi connectivity index (χ2v) is 4.51. The normalized spacial score (nSPS) is 20.9. The largest absolute Gasteiger partial charge is 0.481 e. The van der Waals surface area contributed by atoms with Crippen LogP contribution >= 0.6 is 11.6 Å². The number of anilines is 1. The minimum Gasteiger partial charge on any atom is -0.481 e. The van der Waals surface area contributed by atoms with E-state index < -0.39 is 17.8 Å². The molecule has 1 amide bonds. The molecule has 0 bridgehead atoms. The summed E-state index contributed by atoms with van der Waals surface area (Å²) in [5.74, 6) is -2.49. The molecule has 1 saturated carbocycles. The molecule has 2 N–H and O–H groups in total. The smallest absolute Gasteiger partial charge is 0.307 e. The third-order valence-corrected chi connectivity index (χ3v) is 3.04. The SMILES string of the molecule is N#Cc1ccc(Cl)cc1NC(=O)C1CC1C(=O)O. The molecule has 92 valence electrons. The third kappa shape index (κ3) is 2.44. The van der Waals surface area contributed by atoms with Crippen LogP contribution < -0.4 is 5.32 Å². The number of nitriles is 1. The Morgan fingerprint density at radius 1 is 1.44 bits per heavy atom. The molecule has 2 atom stereocenters. The minimum atomic E-state index is -0.971. The maximum atomic E-state index is 11.7. The standard InChI is InChI=1S/C12H9ClN2O3/c13-7-2-1-6(5-14)10(3-7)15-11(16)8-4-9(8)12(17)18/h1-3,8-9H,4H2,(H,15,16)(H,17,18). The maximum Gasteiger partial charge on any atom is 0.307 e. The van der Waals surface area contributed by atoms with Crippen molar-refractivity contribution in [2.24, 2.45) is 11.8 Å². The van der Waals surface area contributed by atoms with Crippen molar-refractivity contribution >= 4 is 29.2 Å². The molecule has 1 aromatic rings. The number of amides is 1. The van der Waals surface area contributed by atoms with E-state index >= 15 is 0 Å². The van der Waals surface area contributed by atoms with Crippen molar-refractivity contribution in [3.8, 4) is 6.07 Å². The van der Waals surface area contributed by atoms with Crippen LogP contribution in [0.5, 0.6) is 0 Å². The van der Waals surface area contributed by atoms with Gasteiger partial charge >= 0.3 is 5.97 Å². The first-order valence-corrected chi connectivity index (χ1v) is 5.64. The molecule has 2 rings (SSSR count). The van der Waals surface area contributed by atoms with E-state index in [1.54, 1.807) is 6.07 Å². The molecule has 1 aromatic carbocycles. The first kappa shape index (κ1) is 12.4. The highest BCUT2D eigenvalue weighted by molar-refractivity contribution is 6.31. The lowest BCUT2D eigenvalue weighted by atomic mass is 10.2. The molecule has 0 aliphatic heterocycles. The maximum absolute atomic E-state index is 11.7. The number of hydrogen-bond donors (Lipinski definition) is 2. The number of halogens is 1. The van der Waals surface area contributed by atoms with E-state index in [4.69, 9.17) is 22.0 Å². The van der Waals surface area contributed by atoms with Crippen LogP contribution in [0.1, 0.15) is 12.0 Å². The summed E-state index contributed by atoms with van der Waals surface area (Å²) in [6, 6.07) is 6.45. The van der Waals surface area contributed by atoms with E-state index in [0.29, 0.717) is 22.7 Å². The summed E-state index contributed by atoms with van der Waals surface area (Å²) in [7, 11) is 0. The van der Waals surface area contributed by atoms with Crippen LogP contribution in [0.25, 0.3) is 0 Å². The highest BCUT2D eigenvalue weighted by atomic mass is 35.5. The topological polar surface area (TPSA) is 90.2 Å². The summed E-state index contributed by atoms with van der Waals surface area (Å²) in [5, 5.41) is 20.5. The minimum absolute atomic E-state index is 0.292. The van der Waals surface area contributed by atoms with Gasteiger partial charge in [-0.2, -0.15) is 5.26 Å². The van der Waals surface area contributed by atoms with Gasteiger partial charge in [-0.1, -0.05) is 11.6 Å². The van der Waals surface area contributed by atoms with Gasteiger partial charge in [-0.15, -0.1) is 0 Å². The average molecular weight is 265 g/mol. The number of carboxylic acids is 1. The number of carbonyl (C=O) groups is 2. The molecule has 1 fully saturated rings. The van der Waals surface area contributed by atoms with Crippen LogP contribution in [-0.2, 0) is 9.59 Å². The van der Waals surface area contributed by atoms with Gasteiger partial charge in [-0.05, 0) is 24.6 Å². The van der Waals surface area contributed by atoms with Crippen LogP contribution in [0.2, 0.25) is 5.02 Å². The Hall–Kier alpha value is -2.06. The van der Waals surface area contributed by atoms with Gasteiger partial charge < -0.3 is 10.4 Å². The lowest BCUT2D eigenvalue weighted by Gasteiger charge is -2.06. The molecule has 0 radical (unpaired) electrons. The summed E-state index contributed by atoms with van der Waals surface area (Å²) in [5.41, 5.74) is 0.603. The number of hydrogen-bond acceptors (Lipinski definition) is 3. The number of nitrogens with one attached hydrogen (secondary N) is 1. The molecule has 1 aliphatic rings. The predicted molar refractivity (Wildman–Crippen MR) is 64.0 cm³/mol. The van der Waals surface area contributed by atoms with Crippen molar-refractivity contribution in [1.82, 2.24) is 0 Å². The van der Waals surface area contributed by atoms with Gasteiger partial charge in [-0.25, -0.2) is 0 Å². The molecule has 6 heteroatoms. The highest BCUT2D eigenvalue weighted by Crippen LogP contribution is 2.39. The summed E-state index contributed by atoms with van der Waals surface area (Å²) >= 11 is 5.78. The number of carboxylic acid groups (broad SMARTS) is 1. The molecule has 18 heavy (non-hydrogen) atoms. The Kier molecular flexibility index (Phi) is 3.21. The Morgan fingerprint density at radius 2 is 2.17 bits per heavy atom. The molecule has 0 saturated heterocycles. The van der Waals surface area contributed by atoms with Gasteiger partial charge in [0, 0.05) is 5.02 Å². The number of carbonyl (C=O) groups excluding carboxylic acids is 1. The molecular formula is C12H9ClN2O3. The van der Waals surface area contributed by atoms with Crippen LogP contribution in [0.4, 0.5) is 5.69 Å². The van der Waals surface area contributed by atoms with Crippen LogP contribution in [0, 0.1) is 23.2 Å². The Labute approximate surface area is 108 Å². The van der Waals surface area contributed by atoms with Crippen molar-refractivity contribution in [2.75, 3.05) is 5.32 Å². The second-order valence-electron chi connectivity index (χ2n) is 4.08. The van der Waals surface area contributed by atoms with Crippen LogP contribution in [-0.4, -0.2) is 17.0 Å². The zero-order chi connectivity index (χ0) is 13.3. The van der Waals surface area contributed by atoms with Crippen molar-refractivity contribution in [1.29, 1.82) is 5.26 Å². The number of nitrogens with zero attached hydrogens (tertiary/aromatic N) is 1. The van der Waals surface area contributed by atoms with Crippen molar-refractivity contribution in [2.45, 2.75) is 6.42 Å². The molecule has 0 spiro atoms. The van der Waals surface area contributed by atoms with Crippen molar-refractivity contribution in [3.05, 3.63) is 28.8 Å². The molecule has 0 heterocycles. The summed E-state index contributed by atoms with van der Waals surface area (Å²) in [6.45, 7) is 0. The lowest BCUT2D eigenvalue weighted by molar-refractivity contribution is -0.139. The zero-order valence-corrected chi connectivity index (χ0v) is 9.94. The van der Waals surface area contributed by atoms with Crippen molar-refractivity contribution < 1.29 is 14.7 Å². The van der Waals surface area contributed by atoms with Gasteiger partial charge in [0.15, 0.2) is 0 Å². The summed E-state index contributed by atoms with van der Waals surface area (Å²) < 4.78 is 0. The molecule has 1 aliphatic carbocycles. The predicted octanol–water partition coefficient (Wildman–Crippen LogP) is 1.87. The fraction of sp³-hybridized carbons (Fsp3) is 0.250. The highest BCUT2D eigenvalue weighted by Gasteiger charge is 2.48. The van der Waals surface area contributed by atoms with Crippen molar-refractivity contribution in [3.63, 3.8) is 0 Å². The molecule has 5 nitrogen and oxygen atoms in total. The molecular weight excluding hydrogens is 256 g/mol. The quantitative estimate of drug-likeness (QED) is 0.872. The van der Waals surface area contributed by atoms with E-state index in [-0.39, 0.29) is 5.91 Å². The van der Waals surface area contributed by atoms with Gasteiger partial charge in [0.1, 0.15) is 6.07 Å². The number of rotatable bonds is 3. The zero-order valence-electron chi connectivity index (χ0n) is 9.18. The van der Waals surface area contributed by atoms with Gasteiger partial charge in [-0.3, -0.25) is 9.59 Å². The Morgan fingerprint density at radius 3 is 2.72 bits per heavy atom. The second kappa shape index (κ2) is 4.67. The molecule has 2 unspecified atom stereocenters. The van der Waals surface area contributed by atoms with E-state index in [2.05, 4.69) is 5.32 Å². The molecule has 0 aromatic heterocycles. The van der Waals surface area contributed by atoms with E-state index in [1.807, 2.05) is 6.07 Å². The first-order valence-electron chi connectivity index (χ1n) is 5.26. The third-order valence-electron chi connectivity index (χ3n) is 2.80. The fourth-order valence-corrected chi connectivity index (χ4v) is 1.87. The van der Waals surface area contributed by atoms with Gasteiger partial charge in [0.05, 0.1) is 23.1 Å². The Bertz CT molecular complexity index is 565.